The second-order valence-corrected chi connectivity index (χ2v) is 8.09. The van der Waals surface area contributed by atoms with E-state index in [0.717, 1.165) is 25.1 Å². The van der Waals surface area contributed by atoms with E-state index in [1.165, 1.54) is 21.5 Å². The fourth-order valence-electron chi connectivity index (χ4n) is 3.61. The molecule has 0 spiro atoms. The molecule has 0 fully saturated rings. The van der Waals surface area contributed by atoms with Crippen LogP contribution in [0.25, 0.3) is 11.3 Å². The van der Waals surface area contributed by atoms with Crippen LogP contribution in [0.2, 0.25) is 0 Å². The van der Waals surface area contributed by atoms with Gasteiger partial charge >= 0.3 is 0 Å². The Morgan fingerprint density at radius 3 is 3.00 bits per heavy atom. The number of rotatable bonds is 4. The molecule has 1 amide bonds. The van der Waals surface area contributed by atoms with Crippen LogP contribution >= 0.6 is 15.9 Å². The number of aromatic nitrogens is 5. The number of amides is 1. The maximum Gasteiger partial charge on any atom is 0.262 e. The molecule has 0 saturated heterocycles. The first kappa shape index (κ1) is 19.6. The first-order chi connectivity index (χ1) is 15.1. The van der Waals surface area contributed by atoms with Crippen molar-refractivity contribution in [3.8, 4) is 5.69 Å². The van der Waals surface area contributed by atoms with E-state index in [9.17, 15) is 9.18 Å². The molecule has 0 aliphatic carbocycles. The van der Waals surface area contributed by atoms with Crippen molar-refractivity contribution in [3.05, 3.63) is 70.5 Å². The van der Waals surface area contributed by atoms with Crippen LogP contribution in [0, 0.1) is 5.82 Å². The molecule has 1 N–H and O–H groups in total. The second-order valence-electron chi connectivity index (χ2n) is 7.17. The number of fused-ring (bicyclic) bond motifs is 1. The zero-order chi connectivity index (χ0) is 21.4. The van der Waals surface area contributed by atoms with Gasteiger partial charge in [-0.3, -0.25) is 9.79 Å². The standard InChI is InChI=1S/C21H17BrFN7O/c22-14-2-3-18(16(23)10-14)30-19(11-17(28-30)13-4-7-24-8-5-13)27-21(31)15-12-26-29-9-1-6-25-20(15)29/h1-3,6-7,9-13H,4-5,8H2,(H,27,31). The van der Waals surface area contributed by atoms with E-state index < -0.39 is 11.7 Å². The lowest BCUT2D eigenvalue weighted by Crippen LogP contribution is -2.15. The monoisotopic (exact) mass is 481 g/mol. The van der Waals surface area contributed by atoms with E-state index in [-0.39, 0.29) is 11.6 Å². The van der Waals surface area contributed by atoms with Crippen molar-refractivity contribution >= 4 is 39.5 Å². The molecule has 10 heteroatoms. The number of hydrogen-bond acceptors (Lipinski definition) is 5. The molecule has 4 aromatic rings. The van der Waals surface area contributed by atoms with Gasteiger partial charge in [0.05, 0.1) is 11.9 Å². The number of aliphatic imine (C=N–C) groups is 1. The Hall–Kier alpha value is -3.40. The Kier molecular flexibility index (Phi) is 5.06. The second kappa shape index (κ2) is 8.03. The van der Waals surface area contributed by atoms with Crippen molar-refractivity contribution < 1.29 is 9.18 Å². The lowest BCUT2D eigenvalue weighted by atomic mass is 9.96. The minimum absolute atomic E-state index is 0.159. The summed E-state index contributed by atoms with van der Waals surface area (Å²) in [6.07, 6.45) is 8.25. The van der Waals surface area contributed by atoms with E-state index >= 15 is 0 Å². The number of halogens is 2. The summed E-state index contributed by atoms with van der Waals surface area (Å²) in [6, 6.07) is 8.23. The van der Waals surface area contributed by atoms with Crippen molar-refractivity contribution in [1.29, 1.82) is 0 Å². The Morgan fingerprint density at radius 1 is 1.29 bits per heavy atom. The van der Waals surface area contributed by atoms with Crippen LogP contribution in [0.3, 0.4) is 0 Å². The zero-order valence-corrected chi connectivity index (χ0v) is 17.8. The van der Waals surface area contributed by atoms with Crippen LogP contribution in [0.1, 0.15) is 34.8 Å². The average Bonchev–Trinajstić information content (AvgIpc) is 3.39. The van der Waals surface area contributed by atoms with Gasteiger partial charge in [0.25, 0.3) is 5.91 Å². The van der Waals surface area contributed by atoms with Crippen molar-refractivity contribution in [3.63, 3.8) is 0 Å². The van der Waals surface area contributed by atoms with Gasteiger partial charge in [-0.1, -0.05) is 15.9 Å². The third kappa shape index (κ3) is 3.74. The minimum atomic E-state index is -0.456. The van der Waals surface area contributed by atoms with Crippen molar-refractivity contribution in [1.82, 2.24) is 24.4 Å². The number of nitrogens with zero attached hydrogens (tertiary/aromatic N) is 6. The molecule has 0 radical (unpaired) electrons. The molecule has 1 aliphatic rings. The highest BCUT2D eigenvalue weighted by atomic mass is 79.9. The molecule has 5 rings (SSSR count). The first-order valence-corrected chi connectivity index (χ1v) is 10.5. The van der Waals surface area contributed by atoms with Gasteiger partial charge < -0.3 is 5.32 Å². The number of anilines is 1. The van der Waals surface area contributed by atoms with Gasteiger partial charge in [0.2, 0.25) is 0 Å². The normalized spacial score (nSPS) is 16.0. The Labute approximate surface area is 185 Å². The molecular weight excluding hydrogens is 465 g/mol. The van der Waals surface area contributed by atoms with Gasteiger partial charge in [0, 0.05) is 35.4 Å². The third-order valence-electron chi connectivity index (χ3n) is 5.18. The molecule has 1 aliphatic heterocycles. The number of nitrogens with one attached hydrogen (secondary N) is 1. The van der Waals surface area contributed by atoms with Crippen LogP contribution in [0.5, 0.6) is 0 Å². The van der Waals surface area contributed by atoms with Gasteiger partial charge in [0.1, 0.15) is 22.9 Å². The Bertz CT molecular complexity index is 1310. The molecule has 8 nitrogen and oxygen atoms in total. The van der Waals surface area contributed by atoms with E-state index in [4.69, 9.17) is 0 Å². The van der Waals surface area contributed by atoms with Crippen molar-refractivity contribution in [2.24, 2.45) is 4.99 Å². The molecule has 31 heavy (non-hydrogen) atoms. The average molecular weight is 482 g/mol. The summed E-state index contributed by atoms with van der Waals surface area (Å²) in [5, 5.41) is 11.7. The molecular formula is C21H17BrFN7O. The molecule has 1 atom stereocenters. The zero-order valence-electron chi connectivity index (χ0n) is 16.2. The number of carbonyl (C=O) groups is 1. The summed E-state index contributed by atoms with van der Waals surface area (Å²) in [5.74, 6) is -0.322. The molecule has 0 bridgehead atoms. The van der Waals surface area contributed by atoms with Gasteiger partial charge in [-0.05, 0) is 43.3 Å². The largest absolute Gasteiger partial charge is 0.306 e. The lowest BCUT2D eigenvalue weighted by Gasteiger charge is -2.14. The SMILES string of the molecule is O=C(Nc1cc(C2CC=NCC2)nn1-c1ccc(Br)cc1F)c1cnn2cccnc12. The molecule has 1 unspecified atom stereocenters. The van der Waals surface area contributed by atoms with Crippen LogP contribution < -0.4 is 5.32 Å². The van der Waals surface area contributed by atoms with E-state index in [0.29, 0.717) is 21.5 Å². The minimum Gasteiger partial charge on any atom is -0.306 e. The van der Waals surface area contributed by atoms with Crippen molar-refractivity contribution in [2.75, 3.05) is 11.9 Å². The van der Waals surface area contributed by atoms with Crippen LogP contribution in [0.15, 0.2) is 58.4 Å². The quantitative estimate of drug-likeness (QED) is 0.476. The van der Waals surface area contributed by atoms with Crippen molar-refractivity contribution in [2.45, 2.75) is 18.8 Å². The summed E-state index contributed by atoms with van der Waals surface area (Å²) >= 11 is 3.27. The third-order valence-corrected chi connectivity index (χ3v) is 5.67. The molecule has 4 heterocycles. The highest BCUT2D eigenvalue weighted by molar-refractivity contribution is 9.10. The highest BCUT2D eigenvalue weighted by Gasteiger charge is 2.23. The summed E-state index contributed by atoms with van der Waals surface area (Å²) in [6.45, 7) is 0.722. The van der Waals surface area contributed by atoms with Gasteiger partial charge in [0.15, 0.2) is 5.65 Å². The summed E-state index contributed by atoms with van der Waals surface area (Å²) < 4.78 is 18.3. The summed E-state index contributed by atoms with van der Waals surface area (Å²) in [4.78, 5) is 21.5. The molecule has 156 valence electrons. The number of benzene rings is 1. The van der Waals surface area contributed by atoms with Gasteiger partial charge in [-0.25, -0.2) is 18.6 Å². The maximum atomic E-state index is 14.7. The van der Waals surface area contributed by atoms with E-state index in [1.807, 2.05) is 6.21 Å². The predicted octanol–water partition coefficient (Wildman–Crippen LogP) is 4.02. The van der Waals surface area contributed by atoms with Gasteiger partial charge in [-0.15, -0.1) is 0 Å². The smallest absolute Gasteiger partial charge is 0.262 e. The molecule has 1 aromatic carbocycles. The lowest BCUT2D eigenvalue weighted by molar-refractivity contribution is 0.102. The topological polar surface area (TPSA) is 89.5 Å². The maximum absolute atomic E-state index is 14.7. The van der Waals surface area contributed by atoms with Crippen LogP contribution in [-0.2, 0) is 0 Å². The van der Waals surface area contributed by atoms with Crippen LogP contribution in [0.4, 0.5) is 10.2 Å². The Balaban J connectivity index is 1.55. The first-order valence-electron chi connectivity index (χ1n) is 9.73. The van der Waals surface area contributed by atoms with Crippen LogP contribution in [-0.4, -0.2) is 43.0 Å². The van der Waals surface area contributed by atoms with Gasteiger partial charge in [-0.2, -0.15) is 10.2 Å². The Morgan fingerprint density at radius 2 is 2.19 bits per heavy atom. The molecule has 3 aromatic heterocycles. The number of carbonyl (C=O) groups excluding carboxylic acids is 1. The number of hydrogen-bond donors (Lipinski definition) is 1. The summed E-state index contributed by atoms with van der Waals surface area (Å²) in [5.41, 5.74) is 1.77. The fourth-order valence-corrected chi connectivity index (χ4v) is 3.94. The fraction of sp³-hybridized carbons (Fsp3) is 0.190. The predicted molar refractivity (Wildman–Crippen MR) is 117 cm³/mol. The highest BCUT2D eigenvalue weighted by Crippen LogP contribution is 2.30. The summed E-state index contributed by atoms with van der Waals surface area (Å²) in [7, 11) is 0. The molecule has 0 saturated carbocycles. The van der Waals surface area contributed by atoms with E-state index in [1.54, 1.807) is 36.7 Å². The van der Waals surface area contributed by atoms with E-state index in [2.05, 4.69) is 41.4 Å².